The Morgan fingerprint density at radius 2 is 2.10 bits per heavy atom. The van der Waals surface area contributed by atoms with Crippen LogP contribution in [-0.4, -0.2) is 25.4 Å². The van der Waals surface area contributed by atoms with Gasteiger partial charge in [0.05, 0.1) is 12.5 Å². The summed E-state index contributed by atoms with van der Waals surface area (Å²) in [7, 11) is 1.44. The van der Waals surface area contributed by atoms with Crippen LogP contribution < -0.4 is 5.32 Å². The Labute approximate surface area is 132 Å². The van der Waals surface area contributed by atoms with E-state index in [1.807, 2.05) is 13.8 Å². The zero-order valence-electron chi connectivity index (χ0n) is 13.7. The molecular formula is C17H27NO2S. The first-order valence-corrected chi connectivity index (χ1v) is 8.34. The van der Waals surface area contributed by atoms with Gasteiger partial charge in [0.1, 0.15) is 0 Å². The molecule has 0 atom stereocenters. The van der Waals surface area contributed by atoms with Gasteiger partial charge in [-0.15, -0.1) is 11.8 Å². The van der Waals surface area contributed by atoms with Crippen LogP contribution in [0.4, 0.5) is 0 Å². The molecule has 0 saturated carbocycles. The summed E-state index contributed by atoms with van der Waals surface area (Å²) in [5.41, 5.74) is 0.808. The van der Waals surface area contributed by atoms with Crippen molar-refractivity contribution in [2.45, 2.75) is 39.1 Å². The van der Waals surface area contributed by atoms with Crippen LogP contribution in [0, 0.1) is 11.3 Å². The molecule has 1 rings (SSSR count). The van der Waals surface area contributed by atoms with Gasteiger partial charge in [0.15, 0.2) is 0 Å². The molecule has 0 aromatic heterocycles. The maximum Gasteiger partial charge on any atom is 0.312 e. The summed E-state index contributed by atoms with van der Waals surface area (Å²) in [5, 5.41) is 3.44. The first kappa shape index (κ1) is 18.1. The molecular weight excluding hydrogens is 282 g/mol. The van der Waals surface area contributed by atoms with Crippen molar-refractivity contribution in [3.8, 4) is 0 Å². The molecule has 0 amide bonds. The second-order valence-corrected chi connectivity index (χ2v) is 7.39. The molecule has 0 spiro atoms. The molecule has 0 aliphatic heterocycles. The summed E-state index contributed by atoms with van der Waals surface area (Å²) < 4.78 is 4.84. The molecule has 118 valence electrons. The van der Waals surface area contributed by atoms with E-state index in [2.05, 4.69) is 43.4 Å². The number of methoxy groups -OCH3 is 1. The van der Waals surface area contributed by atoms with Gasteiger partial charge in [-0.25, -0.2) is 0 Å². The monoisotopic (exact) mass is 309 g/mol. The molecule has 0 aliphatic carbocycles. The average molecular weight is 309 g/mol. The molecule has 3 nitrogen and oxygen atoms in total. The number of nitrogens with one attached hydrogen (secondary N) is 1. The minimum absolute atomic E-state index is 0.162. The van der Waals surface area contributed by atoms with Crippen molar-refractivity contribution in [3.63, 3.8) is 0 Å². The highest BCUT2D eigenvalue weighted by Crippen LogP contribution is 2.29. The molecule has 0 aliphatic rings. The van der Waals surface area contributed by atoms with Crippen molar-refractivity contribution in [1.82, 2.24) is 5.32 Å². The third-order valence-corrected chi connectivity index (χ3v) is 4.57. The van der Waals surface area contributed by atoms with E-state index in [0.29, 0.717) is 11.7 Å². The minimum atomic E-state index is -0.467. The normalized spacial score (nSPS) is 11.7. The average Bonchev–Trinajstić information content (AvgIpc) is 2.44. The van der Waals surface area contributed by atoms with Crippen molar-refractivity contribution >= 4 is 17.7 Å². The summed E-state index contributed by atoms with van der Waals surface area (Å²) in [5.74, 6) is 1.20. The fourth-order valence-electron chi connectivity index (χ4n) is 1.85. The van der Waals surface area contributed by atoms with E-state index in [0.717, 1.165) is 13.1 Å². The SMILES string of the molecule is COC(=O)C(C)(C)CSc1cccc(CNCC(C)C)c1. The van der Waals surface area contributed by atoms with Crippen LogP contribution in [0.1, 0.15) is 33.3 Å². The summed E-state index contributed by atoms with van der Waals surface area (Å²) >= 11 is 1.70. The van der Waals surface area contributed by atoms with Crippen molar-refractivity contribution < 1.29 is 9.53 Å². The van der Waals surface area contributed by atoms with Crippen LogP contribution >= 0.6 is 11.8 Å². The second kappa shape index (κ2) is 8.44. The number of carbonyl (C=O) groups excluding carboxylic acids is 1. The van der Waals surface area contributed by atoms with Gasteiger partial charge in [-0.3, -0.25) is 4.79 Å². The third-order valence-electron chi connectivity index (χ3n) is 3.12. The highest BCUT2D eigenvalue weighted by Gasteiger charge is 2.28. The van der Waals surface area contributed by atoms with E-state index in [4.69, 9.17) is 4.74 Å². The van der Waals surface area contributed by atoms with E-state index >= 15 is 0 Å². The Morgan fingerprint density at radius 1 is 1.38 bits per heavy atom. The molecule has 1 aromatic rings. The number of carbonyl (C=O) groups is 1. The Hall–Kier alpha value is -1.00. The van der Waals surface area contributed by atoms with Crippen molar-refractivity contribution in [2.24, 2.45) is 11.3 Å². The number of rotatable bonds is 8. The number of benzene rings is 1. The van der Waals surface area contributed by atoms with Crippen LogP contribution in [0.15, 0.2) is 29.2 Å². The number of ether oxygens (including phenoxy) is 1. The van der Waals surface area contributed by atoms with Crippen LogP contribution in [-0.2, 0) is 16.1 Å². The third kappa shape index (κ3) is 6.53. The molecule has 1 N–H and O–H groups in total. The van der Waals surface area contributed by atoms with Crippen LogP contribution in [0.25, 0.3) is 0 Å². The van der Waals surface area contributed by atoms with Crippen molar-refractivity contribution in [2.75, 3.05) is 19.4 Å². The lowest BCUT2D eigenvalue weighted by atomic mass is 9.97. The molecule has 1 aromatic carbocycles. The Morgan fingerprint density at radius 3 is 2.71 bits per heavy atom. The highest BCUT2D eigenvalue weighted by atomic mass is 32.2. The van der Waals surface area contributed by atoms with Crippen molar-refractivity contribution in [3.05, 3.63) is 29.8 Å². The second-order valence-electron chi connectivity index (χ2n) is 6.34. The van der Waals surface area contributed by atoms with Gasteiger partial charge >= 0.3 is 5.97 Å². The fraction of sp³-hybridized carbons (Fsp3) is 0.588. The van der Waals surface area contributed by atoms with E-state index in [1.165, 1.54) is 17.6 Å². The number of thioether (sulfide) groups is 1. The van der Waals surface area contributed by atoms with Gasteiger partial charge in [0.2, 0.25) is 0 Å². The largest absolute Gasteiger partial charge is 0.469 e. The summed E-state index contributed by atoms with van der Waals surface area (Å²) in [6.45, 7) is 10.1. The molecule has 0 bridgehead atoms. The van der Waals surface area contributed by atoms with E-state index in [1.54, 1.807) is 11.8 Å². The lowest BCUT2D eigenvalue weighted by Crippen LogP contribution is -2.28. The predicted octanol–water partition coefficient (Wildman–Crippen LogP) is 3.72. The molecule has 0 unspecified atom stereocenters. The Bertz CT molecular complexity index is 458. The minimum Gasteiger partial charge on any atom is -0.469 e. The van der Waals surface area contributed by atoms with Gasteiger partial charge in [-0.2, -0.15) is 0 Å². The van der Waals surface area contributed by atoms with Crippen LogP contribution in [0.2, 0.25) is 0 Å². The molecule has 21 heavy (non-hydrogen) atoms. The van der Waals surface area contributed by atoms with Crippen LogP contribution in [0.5, 0.6) is 0 Å². The first-order valence-electron chi connectivity index (χ1n) is 7.36. The van der Waals surface area contributed by atoms with Gasteiger partial charge in [0.25, 0.3) is 0 Å². The first-order chi connectivity index (χ1) is 9.85. The topological polar surface area (TPSA) is 38.3 Å². The maximum atomic E-state index is 11.7. The molecule has 0 saturated heterocycles. The summed E-state index contributed by atoms with van der Waals surface area (Å²) in [4.78, 5) is 12.9. The van der Waals surface area contributed by atoms with Crippen molar-refractivity contribution in [1.29, 1.82) is 0 Å². The number of hydrogen-bond acceptors (Lipinski definition) is 4. The smallest absolute Gasteiger partial charge is 0.312 e. The number of hydrogen-bond donors (Lipinski definition) is 1. The number of esters is 1. The molecule has 4 heteroatoms. The van der Waals surface area contributed by atoms with Crippen LogP contribution in [0.3, 0.4) is 0 Å². The Balaban J connectivity index is 2.54. The summed E-state index contributed by atoms with van der Waals surface area (Å²) in [6, 6.07) is 8.47. The van der Waals surface area contributed by atoms with Gasteiger partial charge in [0, 0.05) is 17.2 Å². The fourth-order valence-corrected chi connectivity index (χ4v) is 2.90. The highest BCUT2D eigenvalue weighted by molar-refractivity contribution is 7.99. The molecule has 0 fully saturated rings. The Kier molecular flexibility index (Phi) is 7.26. The summed E-state index contributed by atoms with van der Waals surface area (Å²) in [6.07, 6.45) is 0. The van der Waals surface area contributed by atoms with Gasteiger partial charge in [-0.1, -0.05) is 26.0 Å². The van der Waals surface area contributed by atoms with E-state index < -0.39 is 5.41 Å². The zero-order valence-corrected chi connectivity index (χ0v) is 14.5. The van der Waals surface area contributed by atoms with Gasteiger partial charge < -0.3 is 10.1 Å². The standard InChI is InChI=1S/C17H27NO2S/c1-13(2)10-18-11-14-7-6-8-15(9-14)21-12-17(3,4)16(19)20-5/h6-9,13,18H,10-12H2,1-5H3. The lowest BCUT2D eigenvalue weighted by Gasteiger charge is -2.20. The van der Waals surface area contributed by atoms with E-state index in [9.17, 15) is 4.79 Å². The molecule has 0 radical (unpaired) electrons. The predicted molar refractivity (Wildman–Crippen MR) is 89.5 cm³/mol. The maximum absolute atomic E-state index is 11.7. The zero-order chi connectivity index (χ0) is 15.9. The van der Waals surface area contributed by atoms with Gasteiger partial charge in [-0.05, 0) is 44.0 Å². The van der Waals surface area contributed by atoms with E-state index in [-0.39, 0.29) is 5.97 Å². The molecule has 0 heterocycles. The quantitative estimate of drug-likeness (QED) is 0.587. The lowest BCUT2D eigenvalue weighted by molar-refractivity contribution is -0.149.